The first-order valence-corrected chi connectivity index (χ1v) is 8.89. The van der Waals surface area contributed by atoms with Gasteiger partial charge in [0.2, 0.25) is 0 Å². The zero-order valence-electron chi connectivity index (χ0n) is 14.5. The van der Waals surface area contributed by atoms with Gasteiger partial charge in [0.25, 0.3) is 5.91 Å². The number of alkyl halides is 4. The van der Waals surface area contributed by atoms with Crippen molar-refractivity contribution >= 4 is 23.2 Å². The van der Waals surface area contributed by atoms with Crippen LogP contribution in [0.3, 0.4) is 0 Å². The first-order valence-electron chi connectivity index (χ1n) is 8.45. The Bertz CT molecular complexity index is 855. The molecule has 0 radical (unpaired) electrons. The maximum atomic E-state index is 13.2. The molecule has 8 heteroatoms. The third-order valence-electron chi connectivity index (χ3n) is 4.24. The molecule has 1 atom stereocenters. The Balaban J connectivity index is 1.85. The SMILES string of the molecule is CCOc1ccc(C(=O)Nc2ccc3c(c2)C(Cl)NCC3)cc1C(F)(F)F. The standard InChI is InChI=1S/C19H18ClF3N2O2/c1-2-27-16-6-4-12(9-15(16)19(21,22)23)18(26)25-13-5-3-11-7-8-24-17(20)14(11)10-13/h3-6,9-10,17,24H,2,7-8H2,1H3,(H,25,26). The van der Waals surface area contributed by atoms with Gasteiger partial charge in [-0.2, -0.15) is 13.2 Å². The van der Waals surface area contributed by atoms with E-state index in [1.165, 1.54) is 6.07 Å². The molecule has 1 unspecified atom stereocenters. The number of fused-ring (bicyclic) bond motifs is 1. The number of rotatable bonds is 4. The van der Waals surface area contributed by atoms with Gasteiger partial charge in [0.1, 0.15) is 11.3 Å². The smallest absolute Gasteiger partial charge is 0.419 e. The van der Waals surface area contributed by atoms with Crippen molar-refractivity contribution in [1.29, 1.82) is 0 Å². The molecular formula is C19H18ClF3N2O2. The van der Waals surface area contributed by atoms with E-state index in [1.54, 1.807) is 19.1 Å². The van der Waals surface area contributed by atoms with Crippen LogP contribution >= 0.6 is 11.6 Å². The lowest BCUT2D eigenvalue weighted by atomic mass is 10.00. The van der Waals surface area contributed by atoms with Crippen molar-refractivity contribution in [2.75, 3.05) is 18.5 Å². The Morgan fingerprint density at radius 2 is 2.07 bits per heavy atom. The number of amides is 1. The molecule has 1 aliphatic rings. The van der Waals surface area contributed by atoms with E-state index in [0.717, 1.165) is 36.2 Å². The fraction of sp³-hybridized carbons (Fsp3) is 0.316. The van der Waals surface area contributed by atoms with E-state index >= 15 is 0 Å². The molecule has 1 amide bonds. The van der Waals surface area contributed by atoms with E-state index < -0.39 is 17.6 Å². The predicted octanol–water partition coefficient (Wildman–Crippen LogP) is 4.74. The van der Waals surface area contributed by atoms with Crippen LogP contribution in [0.25, 0.3) is 0 Å². The third-order valence-corrected chi connectivity index (χ3v) is 4.63. The van der Waals surface area contributed by atoms with Crippen LogP contribution in [0, 0.1) is 0 Å². The van der Waals surface area contributed by atoms with Crippen LogP contribution in [0.4, 0.5) is 18.9 Å². The maximum absolute atomic E-state index is 13.2. The lowest BCUT2D eigenvalue weighted by Crippen LogP contribution is -2.26. The van der Waals surface area contributed by atoms with E-state index in [1.807, 2.05) is 6.07 Å². The van der Waals surface area contributed by atoms with Gasteiger partial charge in [-0.3, -0.25) is 10.1 Å². The summed E-state index contributed by atoms with van der Waals surface area (Å²) >= 11 is 6.23. The van der Waals surface area contributed by atoms with Crippen molar-refractivity contribution in [2.24, 2.45) is 0 Å². The highest BCUT2D eigenvalue weighted by Gasteiger charge is 2.35. The number of carbonyl (C=O) groups excluding carboxylic acids is 1. The molecule has 27 heavy (non-hydrogen) atoms. The second-order valence-electron chi connectivity index (χ2n) is 6.08. The highest BCUT2D eigenvalue weighted by atomic mass is 35.5. The average molecular weight is 399 g/mol. The number of hydrogen-bond donors (Lipinski definition) is 2. The monoisotopic (exact) mass is 398 g/mol. The molecule has 0 spiro atoms. The number of halogens is 4. The summed E-state index contributed by atoms with van der Waals surface area (Å²) in [6, 6.07) is 8.57. The van der Waals surface area contributed by atoms with Crippen LogP contribution in [0.1, 0.15) is 39.5 Å². The first kappa shape index (κ1) is 19.5. The van der Waals surface area contributed by atoms with E-state index in [9.17, 15) is 18.0 Å². The van der Waals surface area contributed by atoms with Crippen LogP contribution in [-0.4, -0.2) is 19.1 Å². The predicted molar refractivity (Wildman–Crippen MR) is 97.3 cm³/mol. The number of nitrogens with one attached hydrogen (secondary N) is 2. The normalized spacial score (nSPS) is 16.6. The second kappa shape index (κ2) is 7.78. The Labute approximate surface area is 159 Å². The molecule has 0 saturated carbocycles. The van der Waals surface area contributed by atoms with Gasteiger partial charge in [0.15, 0.2) is 0 Å². The number of hydrogen-bond acceptors (Lipinski definition) is 3. The quantitative estimate of drug-likeness (QED) is 0.577. The molecule has 0 aliphatic carbocycles. The summed E-state index contributed by atoms with van der Waals surface area (Å²) < 4.78 is 44.7. The number of carbonyl (C=O) groups is 1. The van der Waals surface area contributed by atoms with E-state index in [-0.39, 0.29) is 23.4 Å². The van der Waals surface area contributed by atoms with Gasteiger partial charge in [0.05, 0.1) is 12.2 Å². The third kappa shape index (κ3) is 4.36. The Kier molecular flexibility index (Phi) is 5.62. The fourth-order valence-electron chi connectivity index (χ4n) is 2.96. The molecule has 1 heterocycles. The Morgan fingerprint density at radius 3 is 2.78 bits per heavy atom. The fourth-order valence-corrected chi connectivity index (χ4v) is 3.27. The van der Waals surface area contributed by atoms with Crippen molar-refractivity contribution in [2.45, 2.75) is 25.0 Å². The molecule has 0 fully saturated rings. The molecule has 2 aromatic carbocycles. The summed E-state index contributed by atoms with van der Waals surface area (Å²) in [4.78, 5) is 12.4. The maximum Gasteiger partial charge on any atom is 0.419 e. The average Bonchev–Trinajstić information content (AvgIpc) is 2.62. The van der Waals surface area contributed by atoms with Gasteiger partial charge < -0.3 is 10.1 Å². The van der Waals surface area contributed by atoms with E-state index in [2.05, 4.69) is 10.6 Å². The van der Waals surface area contributed by atoms with Gasteiger partial charge >= 0.3 is 6.18 Å². The molecule has 144 valence electrons. The van der Waals surface area contributed by atoms with E-state index in [4.69, 9.17) is 16.3 Å². The topological polar surface area (TPSA) is 50.4 Å². The largest absolute Gasteiger partial charge is 0.493 e. The van der Waals surface area contributed by atoms with Crippen LogP contribution in [-0.2, 0) is 12.6 Å². The van der Waals surface area contributed by atoms with Crippen molar-refractivity contribution < 1.29 is 22.7 Å². The minimum Gasteiger partial charge on any atom is -0.493 e. The molecule has 2 aromatic rings. The zero-order chi connectivity index (χ0) is 19.6. The lowest BCUT2D eigenvalue weighted by molar-refractivity contribution is -0.138. The number of anilines is 1. The van der Waals surface area contributed by atoms with Crippen LogP contribution in [0.15, 0.2) is 36.4 Å². The minimum atomic E-state index is -4.62. The van der Waals surface area contributed by atoms with Crippen LogP contribution in [0.2, 0.25) is 0 Å². The Hall–Kier alpha value is -2.25. The van der Waals surface area contributed by atoms with Crippen LogP contribution < -0.4 is 15.4 Å². The van der Waals surface area contributed by atoms with Gasteiger partial charge in [-0.05, 0) is 54.8 Å². The molecule has 4 nitrogen and oxygen atoms in total. The molecular weight excluding hydrogens is 381 g/mol. The van der Waals surface area contributed by atoms with Gasteiger partial charge in [0, 0.05) is 17.8 Å². The summed E-state index contributed by atoms with van der Waals surface area (Å²) in [6.07, 6.45) is -3.80. The number of ether oxygens (including phenoxy) is 1. The second-order valence-corrected chi connectivity index (χ2v) is 6.51. The first-order chi connectivity index (χ1) is 12.8. The summed E-state index contributed by atoms with van der Waals surface area (Å²) in [7, 11) is 0. The Morgan fingerprint density at radius 1 is 1.30 bits per heavy atom. The molecule has 1 aliphatic heterocycles. The highest BCUT2D eigenvalue weighted by Crippen LogP contribution is 2.37. The van der Waals surface area contributed by atoms with Crippen molar-refractivity contribution in [3.05, 3.63) is 58.7 Å². The zero-order valence-corrected chi connectivity index (χ0v) is 15.2. The van der Waals surface area contributed by atoms with Crippen molar-refractivity contribution in [3.63, 3.8) is 0 Å². The highest BCUT2D eigenvalue weighted by molar-refractivity contribution is 6.20. The molecule has 3 rings (SSSR count). The summed E-state index contributed by atoms with van der Waals surface area (Å²) in [6.45, 7) is 2.45. The molecule has 0 bridgehead atoms. The lowest BCUT2D eigenvalue weighted by Gasteiger charge is -2.23. The van der Waals surface area contributed by atoms with E-state index in [0.29, 0.717) is 5.69 Å². The number of benzene rings is 2. The molecule has 0 saturated heterocycles. The van der Waals surface area contributed by atoms with Crippen molar-refractivity contribution in [3.8, 4) is 5.75 Å². The minimum absolute atomic E-state index is 0.0946. The van der Waals surface area contributed by atoms with Gasteiger partial charge in [-0.1, -0.05) is 6.07 Å². The summed E-state index contributed by atoms with van der Waals surface area (Å²) in [5.41, 5.74) is 0.940. The van der Waals surface area contributed by atoms with Gasteiger partial charge in [-0.15, -0.1) is 11.6 Å². The molecule has 0 aromatic heterocycles. The van der Waals surface area contributed by atoms with Gasteiger partial charge in [-0.25, -0.2) is 0 Å². The van der Waals surface area contributed by atoms with Crippen LogP contribution in [0.5, 0.6) is 5.75 Å². The molecule has 2 N–H and O–H groups in total. The van der Waals surface area contributed by atoms with Crippen molar-refractivity contribution in [1.82, 2.24) is 5.32 Å². The summed E-state index contributed by atoms with van der Waals surface area (Å²) in [5, 5.41) is 5.73. The summed E-state index contributed by atoms with van der Waals surface area (Å²) in [5.74, 6) is -0.940.